The maximum atomic E-state index is 13.0. The second-order valence-corrected chi connectivity index (χ2v) is 7.56. The molecule has 0 radical (unpaired) electrons. The largest absolute Gasteiger partial charge is 0.453 e. The number of Topliss-reactive ketones (excluding diaryl/α,β-unsaturated/α-hetero) is 1. The SMILES string of the molecule is CCCCC(CCCC)(CCCC)CC(=O)c1cc2ccccc2o1. The smallest absolute Gasteiger partial charge is 0.198 e. The van der Waals surface area contributed by atoms with Gasteiger partial charge in [-0.15, -0.1) is 0 Å². The number of hydrogen-bond acceptors (Lipinski definition) is 2. The van der Waals surface area contributed by atoms with E-state index in [0.717, 1.165) is 30.2 Å². The molecule has 0 amide bonds. The Balaban J connectivity index is 2.20. The zero-order chi connectivity index (χ0) is 18.1. The van der Waals surface area contributed by atoms with Crippen LogP contribution in [0.5, 0.6) is 0 Å². The van der Waals surface area contributed by atoms with E-state index in [0.29, 0.717) is 12.2 Å². The summed E-state index contributed by atoms with van der Waals surface area (Å²) >= 11 is 0. The molecule has 2 nitrogen and oxygen atoms in total. The summed E-state index contributed by atoms with van der Waals surface area (Å²) in [6.07, 6.45) is 11.3. The maximum Gasteiger partial charge on any atom is 0.198 e. The molecule has 0 bridgehead atoms. The molecule has 1 aromatic heterocycles. The lowest BCUT2D eigenvalue weighted by atomic mass is 9.71. The van der Waals surface area contributed by atoms with Crippen LogP contribution in [0.1, 0.15) is 95.5 Å². The van der Waals surface area contributed by atoms with Gasteiger partial charge in [0, 0.05) is 11.8 Å². The van der Waals surface area contributed by atoms with Crippen molar-refractivity contribution in [1.29, 1.82) is 0 Å². The third-order valence-electron chi connectivity index (χ3n) is 5.42. The van der Waals surface area contributed by atoms with Gasteiger partial charge in [0.25, 0.3) is 0 Å². The fourth-order valence-corrected chi connectivity index (χ4v) is 3.84. The summed E-state index contributed by atoms with van der Waals surface area (Å²) in [5, 5.41) is 1.02. The van der Waals surface area contributed by atoms with Crippen LogP contribution in [0.3, 0.4) is 0 Å². The molecule has 0 N–H and O–H groups in total. The third kappa shape index (κ3) is 5.45. The molecule has 25 heavy (non-hydrogen) atoms. The molecule has 1 heterocycles. The third-order valence-corrected chi connectivity index (χ3v) is 5.42. The van der Waals surface area contributed by atoms with Gasteiger partial charge >= 0.3 is 0 Å². The van der Waals surface area contributed by atoms with Gasteiger partial charge < -0.3 is 4.42 Å². The van der Waals surface area contributed by atoms with Crippen molar-refractivity contribution < 1.29 is 9.21 Å². The highest BCUT2D eigenvalue weighted by Gasteiger charge is 2.32. The first kappa shape index (κ1) is 19.8. The molecular weight excluding hydrogens is 308 g/mol. The van der Waals surface area contributed by atoms with E-state index in [1.54, 1.807) is 0 Å². The lowest BCUT2D eigenvalue weighted by Crippen LogP contribution is -2.25. The minimum atomic E-state index is 0.151. The molecule has 0 aliphatic heterocycles. The molecule has 0 saturated carbocycles. The molecule has 0 unspecified atom stereocenters. The number of furan rings is 1. The molecule has 0 aliphatic rings. The summed E-state index contributed by atoms with van der Waals surface area (Å²) in [4.78, 5) is 13.0. The van der Waals surface area contributed by atoms with Crippen LogP contribution in [0.4, 0.5) is 0 Å². The Labute approximate surface area is 153 Å². The van der Waals surface area contributed by atoms with Crippen molar-refractivity contribution in [3.05, 3.63) is 36.1 Å². The van der Waals surface area contributed by atoms with E-state index in [4.69, 9.17) is 4.42 Å². The molecule has 0 atom stereocenters. The fraction of sp³-hybridized carbons (Fsp3) is 0.609. The van der Waals surface area contributed by atoms with Gasteiger partial charge in [-0.3, -0.25) is 4.79 Å². The van der Waals surface area contributed by atoms with Gasteiger partial charge in [-0.2, -0.15) is 0 Å². The summed E-state index contributed by atoms with van der Waals surface area (Å²) in [6, 6.07) is 9.80. The lowest BCUT2D eigenvalue weighted by Gasteiger charge is -2.33. The average molecular weight is 343 g/mol. The first-order chi connectivity index (χ1) is 12.1. The van der Waals surface area contributed by atoms with E-state index >= 15 is 0 Å². The van der Waals surface area contributed by atoms with Crippen LogP contribution in [0.2, 0.25) is 0 Å². The van der Waals surface area contributed by atoms with Crippen LogP contribution >= 0.6 is 0 Å². The van der Waals surface area contributed by atoms with E-state index in [9.17, 15) is 4.79 Å². The number of carbonyl (C=O) groups is 1. The van der Waals surface area contributed by atoms with E-state index in [1.165, 1.54) is 38.5 Å². The number of para-hydroxylation sites is 1. The standard InChI is InChI=1S/C23H34O2/c1-4-7-14-23(15-8-5-2,16-9-6-3)18-20(24)22-17-19-12-10-11-13-21(19)25-22/h10-13,17H,4-9,14-16,18H2,1-3H3. The maximum absolute atomic E-state index is 13.0. The van der Waals surface area contributed by atoms with Crippen LogP contribution in [-0.4, -0.2) is 5.78 Å². The number of benzene rings is 1. The van der Waals surface area contributed by atoms with Crippen molar-refractivity contribution in [1.82, 2.24) is 0 Å². The molecule has 2 heteroatoms. The van der Waals surface area contributed by atoms with Crippen LogP contribution < -0.4 is 0 Å². The molecule has 0 fully saturated rings. The van der Waals surface area contributed by atoms with Gasteiger partial charge in [-0.1, -0.05) is 77.5 Å². The van der Waals surface area contributed by atoms with Gasteiger partial charge in [-0.25, -0.2) is 0 Å². The number of carbonyl (C=O) groups excluding carboxylic acids is 1. The molecule has 0 aliphatic carbocycles. The molecule has 1 aromatic carbocycles. The zero-order valence-electron chi connectivity index (χ0n) is 16.3. The number of fused-ring (bicyclic) bond motifs is 1. The first-order valence-electron chi connectivity index (χ1n) is 10.2. The molecule has 2 rings (SSSR count). The van der Waals surface area contributed by atoms with Crippen molar-refractivity contribution >= 4 is 16.8 Å². The van der Waals surface area contributed by atoms with Gasteiger partial charge in [0.1, 0.15) is 5.58 Å². The molecule has 138 valence electrons. The van der Waals surface area contributed by atoms with E-state index in [2.05, 4.69) is 20.8 Å². The highest BCUT2D eigenvalue weighted by atomic mass is 16.3. The zero-order valence-corrected chi connectivity index (χ0v) is 16.3. The van der Waals surface area contributed by atoms with E-state index in [1.807, 2.05) is 30.3 Å². The Morgan fingerprint density at radius 3 is 2.00 bits per heavy atom. The molecular formula is C23H34O2. The number of hydrogen-bond donors (Lipinski definition) is 0. The summed E-state index contributed by atoms with van der Waals surface area (Å²) < 4.78 is 5.84. The first-order valence-corrected chi connectivity index (χ1v) is 10.2. The Bertz CT molecular complexity index is 598. The van der Waals surface area contributed by atoms with Gasteiger partial charge in [0.15, 0.2) is 11.5 Å². The van der Waals surface area contributed by atoms with Gasteiger partial charge in [0.05, 0.1) is 0 Å². The Morgan fingerprint density at radius 1 is 0.920 bits per heavy atom. The highest BCUT2D eigenvalue weighted by Crippen LogP contribution is 2.41. The molecule has 0 spiro atoms. The monoisotopic (exact) mass is 342 g/mol. The van der Waals surface area contributed by atoms with Gasteiger partial charge in [0.2, 0.25) is 0 Å². The predicted octanol–water partition coefficient (Wildman–Crippen LogP) is 7.56. The summed E-state index contributed by atoms with van der Waals surface area (Å²) in [5.41, 5.74) is 0.963. The Morgan fingerprint density at radius 2 is 1.48 bits per heavy atom. The van der Waals surface area contributed by atoms with Crippen molar-refractivity contribution in [2.45, 2.75) is 85.0 Å². The Kier molecular flexibility index (Phi) is 7.74. The molecule has 2 aromatic rings. The van der Waals surface area contributed by atoms with Gasteiger partial charge in [-0.05, 0) is 36.8 Å². The summed E-state index contributed by atoms with van der Waals surface area (Å²) in [6.45, 7) is 6.72. The predicted molar refractivity (Wildman–Crippen MR) is 106 cm³/mol. The van der Waals surface area contributed by atoms with Crippen LogP contribution in [0.25, 0.3) is 11.0 Å². The van der Waals surface area contributed by atoms with Crippen molar-refractivity contribution in [3.63, 3.8) is 0 Å². The van der Waals surface area contributed by atoms with Crippen molar-refractivity contribution in [3.8, 4) is 0 Å². The fourth-order valence-electron chi connectivity index (χ4n) is 3.84. The normalized spacial score (nSPS) is 12.0. The summed E-state index contributed by atoms with van der Waals surface area (Å²) in [5.74, 6) is 0.717. The van der Waals surface area contributed by atoms with E-state index in [-0.39, 0.29) is 11.2 Å². The number of rotatable bonds is 12. The Hall–Kier alpha value is -1.57. The van der Waals surface area contributed by atoms with E-state index < -0.39 is 0 Å². The highest BCUT2D eigenvalue weighted by molar-refractivity contribution is 5.97. The minimum absolute atomic E-state index is 0.151. The molecule has 0 saturated heterocycles. The second kappa shape index (κ2) is 9.79. The number of unbranched alkanes of at least 4 members (excludes halogenated alkanes) is 3. The van der Waals surface area contributed by atoms with Crippen LogP contribution in [0, 0.1) is 5.41 Å². The summed E-state index contributed by atoms with van der Waals surface area (Å²) in [7, 11) is 0. The van der Waals surface area contributed by atoms with Crippen LogP contribution in [-0.2, 0) is 0 Å². The number of ketones is 1. The average Bonchev–Trinajstić information content (AvgIpc) is 3.07. The van der Waals surface area contributed by atoms with Crippen LogP contribution in [0.15, 0.2) is 34.7 Å². The lowest BCUT2D eigenvalue weighted by molar-refractivity contribution is 0.0838. The van der Waals surface area contributed by atoms with Crippen molar-refractivity contribution in [2.24, 2.45) is 5.41 Å². The second-order valence-electron chi connectivity index (χ2n) is 7.56. The minimum Gasteiger partial charge on any atom is -0.453 e. The topological polar surface area (TPSA) is 30.2 Å². The quantitative estimate of drug-likeness (QED) is 0.372. The van der Waals surface area contributed by atoms with Crippen molar-refractivity contribution in [2.75, 3.05) is 0 Å².